The number of methoxy groups -OCH3 is 1. The van der Waals surface area contributed by atoms with Crippen LogP contribution in [-0.4, -0.2) is 49.7 Å². The zero-order chi connectivity index (χ0) is 14.3. The van der Waals surface area contributed by atoms with Crippen molar-refractivity contribution in [3.8, 4) is 0 Å². The van der Waals surface area contributed by atoms with E-state index in [9.17, 15) is 4.79 Å². The summed E-state index contributed by atoms with van der Waals surface area (Å²) in [7, 11) is 3.68. The lowest BCUT2D eigenvalue weighted by molar-refractivity contribution is -0.148. The summed E-state index contributed by atoms with van der Waals surface area (Å²) < 4.78 is 4.90. The molecule has 112 valence electrons. The highest BCUT2D eigenvalue weighted by Crippen LogP contribution is 2.24. The minimum Gasteiger partial charge on any atom is -0.468 e. The number of esters is 1. The minimum atomic E-state index is -0.529. The summed E-state index contributed by atoms with van der Waals surface area (Å²) in [5.74, 6) is -0.151. The van der Waals surface area contributed by atoms with Crippen LogP contribution in [0.4, 0.5) is 0 Å². The number of nitrogens with one attached hydrogen (secondary N) is 1. The van der Waals surface area contributed by atoms with Gasteiger partial charge in [-0.2, -0.15) is 0 Å². The number of nitrogens with zero attached hydrogens (tertiary/aromatic N) is 1. The van der Waals surface area contributed by atoms with Gasteiger partial charge in [-0.1, -0.05) is 13.3 Å². The van der Waals surface area contributed by atoms with Gasteiger partial charge in [0.25, 0.3) is 0 Å². The molecule has 4 heteroatoms. The topological polar surface area (TPSA) is 41.6 Å². The maximum absolute atomic E-state index is 11.8. The molecule has 1 atom stereocenters. The van der Waals surface area contributed by atoms with Gasteiger partial charge in [0.15, 0.2) is 0 Å². The van der Waals surface area contributed by atoms with Crippen LogP contribution >= 0.6 is 0 Å². The molecule has 0 heterocycles. The van der Waals surface area contributed by atoms with E-state index in [-0.39, 0.29) is 5.97 Å². The van der Waals surface area contributed by atoms with Crippen LogP contribution in [-0.2, 0) is 9.53 Å². The van der Waals surface area contributed by atoms with E-state index >= 15 is 0 Å². The summed E-state index contributed by atoms with van der Waals surface area (Å²) in [5, 5.41) is 3.25. The van der Waals surface area contributed by atoms with E-state index < -0.39 is 5.54 Å². The second kappa shape index (κ2) is 7.85. The number of rotatable bonds is 9. The first-order valence-corrected chi connectivity index (χ1v) is 7.57. The molecule has 1 fully saturated rings. The maximum Gasteiger partial charge on any atom is 0.325 e. The van der Waals surface area contributed by atoms with Crippen molar-refractivity contribution in [2.75, 3.05) is 27.2 Å². The van der Waals surface area contributed by atoms with Gasteiger partial charge in [-0.3, -0.25) is 4.79 Å². The van der Waals surface area contributed by atoms with E-state index in [1.807, 2.05) is 13.8 Å². The molecule has 1 aliphatic rings. The first-order chi connectivity index (χ1) is 9.03. The molecule has 0 amide bonds. The largest absolute Gasteiger partial charge is 0.468 e. The second-order valence-corrected chi connectivity index (χ2v) is 5.88. The van der Waals surface area contributed by atoms with Crippen LogP contribution in [0.2, 0.25) is 0 Å². The first-order valence-electron chi connectivity index (χ1n) is 7.57. The Morgan fingerprint density at radius 1 is 1.42 bits per heavy atom. The van der Waals surface area contributed by atoms with Gasteiger partial charge in [-0.25, -0.2) is 0 Å². The van der Waals surface area contributed by atoms with Crippen molar-refractivity contribution in [1.82, 2.24) is 10.2 Å². The van der Waals surface area contributed by atoms with Crippen molar-refractivity contribution in [1.29, 1.82) is 0 Å². The lowest BCUT2D eigenvalue weighted by Gasteiger charge is -2.35. The van der Waals surface area contributed by atoms with Crippen LogP contribution in [0, 0.1) is 0 Å². The molecule has 1 aliphatic carbocycles. The monoisotopic (exact) mass is 270 g/mol. The molecular formula is C15H30N2O2. The van der Waals surface area contributed by atoms with Crippen molar-refractivity contribution in [3.05, 3.63) is 0 Å². The molecule has 4 nitrogen and oxygen atoms in total. The molecule has 1 N–H and O–H groups in total. The number of ether oxygens (including phenoxy) is 1. The number of likely N-dealkylation sites (N-methyl/N-ethyl adjacent to an activating group) is 1. The fraction of sp³-hybridized carbons (Fsp3) is 0.933. The molecule has 1 unspecified atom stereocenters. The lowest BCUT2D eigenvalue weighted by atomic mass is 9.91. The maximum atomic E-state index is 11.8. The van der Waals surface area contributed by atoms with Gasteiger partial charge < -0.3 is 15.0 Å². The molecule has 1 rings (SSSR count). The Bertz CT molecular complexity index is 279. The Balaban J connectivity index is 2.25. The number of hydrogen-bond acceptors (Lipinski definition) is 4. The summed E-state index contributed by atoms with van der Waals surface area (Å²) in [6.07, 6.45) is 7.13. The highest BCUT2D eigenvalue weighted by Gasteiger charge is 2.32. The van der Waals surface area contributed by atoms with Crippen molar-refractivity contribution in [2.45, 2.75) is 64.0 Å². The SMILES string of the molecule is CCNC(C)(CCCCN(C)C1CCC1)C(=O)OC. The van der Waals surface area contributed by atoms with Crippen LogP contribution in [0.1, 0.15) is 52.4 Å². The zero-order valence-electron chi connectivity index (χ0n) is 13.0. The lowest BCUT2D eigenvalue weighted by Crippen LogP contribution is -2.50. The zero-order valence-corrected chi connectivity index (χ0v) is 13.0. The molecule has 0 bridgehead atoms. The average Bonchev–Trinajstić information content (AvgIpc) is 2.32. The van der Waals surface area contributed by atoms with E-state index in [1.54, 1.807) is 0 Å². The average molecular weight is 270 g/mol. The van der Waals surface area contributed by atoms with E-state index in [0.29, 0.717) is 0 Å². The number of hydrogen-bond donors (Lipinski definition) is 1. The fourth-order valence-corrected chi connectivity index (χ4v) is 2.73. The van der Waals surface area contributed by atoms with Gasteiger partial charge >= 0.3 is 5.97 Å². The number of carbonyl (C=O) groups excluding carboxylic acids is 1. The molecule has 19 heavy (non-hydrogen) atoms. The Morgan fingerprint density at radius 2 is 2.11 bits per heavy atom. The quantitative estimate of drug-likeness (QED) is 0.515. The Hall–Kier alpha value is -0.610. The Morgan fingerprint density at radius 3 is 2.58 bits per heavy atom. The van der Waals surface area contributed by atoms with Gasteiger partial charge in [-0.15, -0.1) is 0 Å². The minimum absolute atomic E-state index is 0.151. The van der Waals surface area contributed by atoms with Crippen LogP contribution in [0.15, 0.2) is 0 Å². The van der Waals surface area contributed by atoms with Crippen LogP contribution < -0.4 is 5.32 Å². The van der Waals surface area contributed by atoms with Crippen molar-refractivity contribution < 1.29 is 9.53 Å². The van der Waals surface area contributed by atoms with Gasteiger partial charge in [0.1, 0.15) is 5.54 Å². The predicted molar refractivity (Wildman–Crippen MR) is 78.2 cm³/mol. The summed E-state index contributed by atoms with van der Waals surface area (Å²) in [6, 6.07) is 0.806. The Labute approximate surface area is 117 Å². The number of carbonyl (C=O) groups is 1. The number of unbranched alkanes of at least 4 members (excludes halogenated alkanes) is 1. The third kappa shape index (κ3) is 4.77. The molecular weight excluding hydrogens is 240 g/mol. The summed E-state index contributed by atoms with van der Waals surface area (Å²) in [6.45, 7) is 5.88. The van der Waals surface area contributed by atoms with Gasteiger partial charge in [-0.05, 0) is 59.2 Å². The van der Waals surface area contributed by atoms with Crippen LogP contribution in [0.3, 0.4) is 0 Å². The molecule has 1 saturated carbocycles. The van der Waals surface area contributed by atoms with E-state index in [1.165, 1.54) is 26.4 Å². The molecule has 0 aromatic heterocycles. The van der Waals surface area contributed by atoms with Crippen molar-refractivity contribution in [3.63, 3.8) is 0 Å². The standard InChI is InChI=1S/C15H30N2O2/c1-5-16-15(2,14(18)19-4)11-6-7-12-17(3)13-9-8-10-13/h13,16H,5-12H2,1-4H3. The summed E-state index contributed by atoms with van der Waals surface area (Å²) in [4.78, 5) is 14.3. The van der Waals surface area contributed by atoms with Crippen LogP contribution in [0.5, 0.6) is 0 Å². The normalized spacial score (nSPS) is 19.0. The van der Waals surface area contributed by atoms with E-state index in [4.69, 9.17) is 4.74 Å². The predicted octanol–water partition coefficient (Wildman–Crippen LogP) is 2.18. The summed E-state index contributed by atoms with van der Waals surface area (Å²) >= 11 is 0. The van der Waals surface area contributed by atoms with Crippen LogP contribution in [0.25, 0.3) is 0 Å². The molecule has 0 saturated heterocycles. The fourth-order valence-electron chi connectivity index (χ4n) is 2.73. The Kier molecular flexibility index (Phi) is 6.80. The first kappa shape index (κ1) is 16.4. The smallest absolute Gasteiger partial charge is 0.325 e. The van der Waals surface area contributed by atoms with Crippen molar-refractivity contribution in [2.24, 2.45) is 0 Å². The summed E-state index contributed by atoms with van der Waals surface area (Å²) in [5.41, 5.74) is -0.529. The molecule has 0 aromatic rings. The van der Waals surface area contributed by atoms with Gasteiger partial charge in [0.05, 0.1) is 7.11 Å². The third-order valence-electron chi connectivity index (χ3n) is 4.34. The molecule has 0 aliphatic heterocycles. The second-order valence-electron chi connectivity index (χ2n) is 5.88. The molecule has 0 radical (unpaired) electrons. The van der Waals surface area contributed by atoms with E-state index in [0.717, 1.165) is 38.4 Å². The van der Waals surface area contributed by atoms with Gasteiger partial charge in [0.2, 0.25) is 0 Å². The van der Waals surface area contributed by atoms with Crippen molar-refractivity contribution >= 4 is 5.97 Å². The molecule has 0 aromatic carbocycles. The highest BCUT2D eigenvalue weighted by molar-refractivity contribution is 5.80. The van der Waals surface area contributed by atoms with E-state index in [2.05, 4.69) is 17.3 Å². The third-order valence-corrected chi connectivity index (χ3v) is 4.34. The van der Waals surface area contributed by atoms with Gasteiger partial charge in [0, 0.05) is 6.04 Å². The highest BCUT2D eigenvalue weighted by atomic mass is 16.5. The molecule has 0 spiro atoms.